The van der Waals surface area contributed by atoms with Crippen molar-refractivity contribution in [2.24, 2.45) is 0 Å². The van der Waals surface area contributed by atoms with Gasteiger partial charge in [-0.15, -0.1) is 0 Å². The highest BCUT2D eigenvalue weighted by molar-refractivity contribution is 9.10. The van der Waals surface area contributed by atoms with Gasteiger partial charge in [0.05, 0.1) is 11.9 Å². The molecule has 0 amide bonds. The fraction of sp³-hybridized carbons (Fsp3) is 0.286. The number of hydrogen-bond donors (Lipinski definition) is 1. The Bertz CT molecular complexity index is 608. The Morgan fingerprint density at radius 3 is 2.78 bits per heavy atom. The van der Waals surface area contributed by atoms with E-state index in [0.717, 1.165) is 26.6 Å². The van der Waals surface area contributed by atoms with Crippen molar-refractivity contribution in [2.75, 3.05) is 0 Å². The maximum absolute atomic E-state index is 10.9. The van der Waals surface area contributed by atoms with Gasteiger partial charge in [0.2, 0.25) is 0 Å². The third kappa shape index (κ3) is 2.53. The van der Waals surface area contributed by atoms with Crippen LogP contribution in [-0.2, 0) is 11.2 Å². The van der Waals surface area contributed by atoms with Gasteiger partial charge in [-0.1, -0.05) is 26.0 Å². The minimum atomic E-state index is -0.822. The van der Waals surface area contributed by atoms with Crippen molar-refractivity contribution in [3.05, 3.63) is 40.0 Å². The average Bonchev–Trinajstić information content (AvgIpc) is 2.29. The van der Waals surface area contributed by atoms with Crippen LogP contribution in [0.2, 0.25) is 0 Å². The Balaban J connectivity index is 2.72. The molecule has 2 rings (SSSR count). The van der Waals surface area contributed by atoms with Gasteiger partial charge >= 0.3 is 5.97 Å². The summed E-state index contributed by atoms with van der Waals surface area (Å²) in [7, 11) is 0. The second-order valence-electron chi connectivity index (χ2n) is 4.57. The summed E-state index contributed by atoms with van der Waals surface area (Å²) in [4.78, 5) is 15.5. The molecule has 3 nitrogen and oxygen atoms in total. The summed E-state index contributed by atoms with van der Waals surface area (Å²) in [5.74, 6) is -0.550. The molecular weight excluding hydrogens is 294 g/mol. The Kier molecular flexibility index (Phi) is 3.66. The summed E-state index contributed by atoms with van der Waals surface area (Å²) in [6.07, 6.45) is 0.0230. The fourth-order valence-electron chi connectivity index (χ4n) is 1.91. The number of hydrogen-bond acceptors (Lipinski definition) is 2. The molecule has 0 spiro atoms. The molecule has 18 heavy (non-hydrogen) atoms. The van der Waals surface area contributed by atoms with Gasteiger partial charge in [-0.05, 0) is 39.5 Å². The summed E-state index contributed by atoms with van der Waals surface area (Å²) in [5.41, 5.74) is 2.57. The lowest BCUT2D eigenvalue weighted by molar-refractivity contribution is -0.136. The highest BCUT2D eigenvalue weighted by Crippen LogP contribution is 2.28. The number of aliphatic carboxylic acids is 1. The van der Waals surface area contributed by atoms with Crippen molar-refractivity contribution >= 4 is 32.8 Å². The van der Waals surface area contributed by atoms with E-state index in [0.29, 0.717) is 0 Å². The number of pyridine rings is 1. The Morgan fingerprint density at radius 2 is 2.17 bits per heavy atom. The summed E-state index contributed by atoms with van der Waals surface area (Å²) in [6.45, 7) is 4.10. The third-order valence-electron chi connectivity index (χ3n) is 2.83. The number of nitrogens with zero attached hydrogens (tertiary/aromatic N) is 1. The lowest BCUT2D eigenvalue weighted by Gasteiger charge is -2.11. The maximum Gasteiger partial charge on any atom is 0.307 e. The van der Waals surface area contributed by atoms with Crippen LogP contribution in [0, 0.1) is 0 Å². The predicted octanol–water partition coefficient (Wildman–Crippen LogP) is 3.75. The molecule has 1 N–H and O–H groups in total. The number of fused-ring (bicyclic) bond motifs is 1. The summed E-state index contributed by atoms with van der Waals surface area (Å²) in [5, 5.41) is 9.89. The van der Waals surface area contributed by atoms with E-state index in [4.69, 9.17) is 5.11 Å². The largest absolute Gasteiger partial charge is 0.481 e. The van der Waals surface area contributed by atoms with Crippen LogP contribution < -0.4 is 0 Å². The van der Waals surface area contributed by atoms with Gasteiger partial charge in [-0.2, -0.15) is 0 Å². The minimum Gasteiger partial charge on any atom is -0.481 e. The van der Waals surface area contributed by atoms with E-state index in [1.165, 1.54) is 0 Å². The van der Waals surface area contributed by atoms with Crippen LogP contribution in [0.4, 0.5) is 0 Å². The van der Waals surface area contributed by atoms with Gasteiger partial charge in [0.15, 0.2) is 0 Å². The van der Waals surface area contributed by atoms with E-state index in [1.807, 2.05) is 24.3 Å². The molecule has 0 aliphatic rings. The zero-order valence-corrected chi connectivity index (χ0v) is 11.9. The van der Waals surface area contributed by atoms with Gasteiger partial charge in [0, 0.05) is 15.6 Å². The molecule has 0 unspecified atom stereocenters. The zero-order valence-electron chi connectivity index (χ0n) is 10.3. The van der Waals surface area contributed by atoms with Crippen LogP contribution in [-0.4, -0.2) is 16.1 Å². The fourth-order valence-corrected chi connectivity index (χ4v) is 2.37. The molecule has 1 aromatic carbocycles. The molecular formula is C14H14BrNO2. The van der Waals surface area contributed by atoms with Crippen LogP contribution in [0.1, 0.15) is 31.0 Å². The van der Waals surface area contributed by atoms with Crippen LogP contribution in [0.15, 0.2) is 28.7 Å². The SMILES string of the molecule is CC(C)c1cc(CC(=O)O)c2cccc(Br)c2n1. The topological polar surface area (TPSA) is 50.2 Å². The lowest BCUT2D eigenvalue weighted by atomic mass is 10.0. The standard InChI is InChI=1S/C14H14BrNO2/c1-8(2)12-6-9(7-13(17)18)10-4-3-5-11(15)14(10)16-12/h3-6,8H,7H2,1-2H3,(H,17,18). The molecule has 0 saturated heterocycles. The Labute approximate surface area is 114 Å². The van der Waals surface area contributed by atoms with Gasteiger partial charge in [-0.3, -0.25) is 9.78 Å². The number of halogens is 1. The molecule has 0 fully saturated rings. The summed E-state index contributed by atoms with van der Waals surface area (Å²) in [6, 6.07) is 7.63. The quantitative estimate of drug-likeness (QED) is 0.939. The first-order valence-electron chi connectivity index (χ1n) is 5.79. The van der Waals surface area contributed by atoms with Crippen molar-refractivity contribution < 1.29 is 9.90 Å². The molecule has 0 radical (unpaired) electrons. The van der Waals surface area contributed by atoms with E-state index in [-0.39, 0.29) is 12.3 Å². The van der Waals surface area contributed by atoms with E-state index in [9.17, 15) is 4.79 Å². The second-order valence-corrected chi connectivity index (χ2v) is 5.42. The second kappa shape index (κ2) is 5.06. The first kappa shape index (κ1) is 13.0. The molecule has 0 saturated carbocycles. The minimum absolute atomic E-state index is 0.0230. The maximum atomic E-state index is 10.9. The average molecular weight is 308 g/mol. The van der Waals surface area contributed by atoms with E-state index >= 15 is 0 Å². The monoisotopic (exact) mass is 307 g/mol. The Hall–Kier alpha value is -1.42. The molecule has 0 bridgehead atoms. The normalized spacial score (nSPS) is 11.1. The van der Waals surface area contributed by atoms with Crippen LogP contribution >= 0.6 is 15.9 Å². The number of carbonyl (C=O) groups is 1. The van der Waals surface area contributed by atoms with Gasteiger partial charge in [-0.25, -0.2) is 0 Å². The van der Waals surface area contributed by atoms with Gasteiger partial charge in [0.25, 0.3) is 0 Å². The van der Waals surface area contributed by atoms with Crippen LogP contribution in [0.5, 0.6) is 0 Å². The first-order chi connectivity index (χ1) is 8.49. The lowest BCUT2D eigenvalue weighted by Crippen LogP contribution is -2.04. The summed E-state index contributed by atoms with van der Waals surface area (Å²) < 4.78 is 0.897. The van der Waals surface area contributed by atoms with Crippen molar-refractivity contribution in [1.82, 2.24) is 4.98 Å². The van der Waals surface area contributed by atoms with Crippen molar-refractivity contribution in [3.63, 3.8) is 0 Å². The van der Waals surface area contributed by atoms with Crippen molar-refractivity contribution in [3.8, 4) is 0 Å². The molecule has 1 heterocycles. The number of benzene rings is 1. The van der Waals surface area contributed by atoms with Gasteiger partial charge < -0.3 is 5.11 Å². The first-order valence-corrected chi connectivity index (χ1v) is 6.58. The smallest absolute Gasteiger partial charge is 0.307 e. The van der Waals surface area contributed by atoms with Crippen LogP contribution in [0.25, 0.3) is 10.9 Å². The molecule has 0 aliphatic carbocycles. The summed E-state index contributed by atoms with van der Waals surface area (Å²) >= 11 is 3.47. The number of carboxylic acids is 1. The highest BCUT2D eigenvalue weighted by Gasteiger charge is 2.12. The molecule has 94 valence electrons. The van der Waals surface area contributed by atoms with Crippen molar-refractivity contribution in [2.45, 2.75) is 26.2 Å². The third-order valence-corrected chi connectivity index (χ3v) is 3.47. The van der Waals surface area contributed by atoms with E-state index in [1.54, 1.807) is 0 Å². The van der Waals surface area contributed by atoms with E-state index < -0.39 is 5.97 Å². The zero-order chi connectivity index (χ0) is 13.3. The molecule has 0 atom stereocenters. The van der Waals surface area contributed by atoms with E-state index in [2.05, 4.69) is 34.8 Å². The molecule has 0 aliphatic heterocycles. The highest BCUT2D eigenvalue weighted by atomic mass is 79.9. The number of aromatic nitrogens is 1. The Morgan fingerprint density at radius 1 is 1.44 bits per heavy atom. The van der Waals surface area contributed by atoms with Crippen LogP contribution in [0.3, 0.4) is 0 Å². The van der Waals surface area contributed by atoms with Gasteiger partial charge in [0.1, 0.15) is 0 Å². The molecule has 1 aromatic heterocycles. The number of para-hydroxylation sites is 1. The molecule has 4 heteroatoms. The molecule has 2 aromatic rings. The number of carboxylic acid groups (broad SMARTS) is 1. The number of rotatable bonds is 3. The predicted molar refractivity (Wildman–Crippen MR) is 74.9 cm³/mol. The van der Waals surface area contributed by atoms with Crippen molar-refractivity contribution in [1.29, 1.82) is 0 Å².